The minimum atomic E-state index is -0.668. The molecule has 0 N–H and O–H groups in total. The van der Waals surface area contributed by atoms with Gasteiger partial charge in [0.2, 0.25) is 0 Å². The average Bonchev–Trinajstić information content (AvgIpc) is 2.22. The highest BCUT2D eigenvalue weighted by atomic mass is 16.6. The number of carbonyl (C=O) groups excluding carboxylic acids is 6. The van der Waals surface area contributed by atoms with E-state index in [-0.39, 0.29) is 11.5 Å². The van der Waals surface area contributed by atoms with Crippen molar-refractivity contribution in [3.63, 3.8) is 0 Å². The maximum absolute atomic E-state index is 13.7. The Hall–Kier alpha value is -10.9. The van der Waals surface area contributed by atoms with Gasteiger partial charge in [-0.3, -0.25) is 0 Å². The molecule has 0 bridgehead atoms. The number of hydrogen-bond donors (Lipinski definition) is 0. The van der Waals surface area contributed by atoms with Crippen molar-refractivity contribution >= 4 is 81.7 Å². The molecule has 0 aliphatic heterocycles. The summed E-state index contributed by atoms with van der Waals surface area (Å²) in [6, 6.07) is 50.1. The van der Waals surface area contributed by atoms with Crippen LogP contribution in [0.2, 0.25) is 0 Å². The molecule has 8 aromatic rings. The molecule has 0 amide bonds. The van der Waals surface area contributed by atoms with Crippen LogP contribution in [0.15, 0.2) is 219 Å². The van der Waals surface area contributed by atoms with Gasteiger partial charge in [-0.25, -0.2) is 28.8 Å². The van der Waals surface area contributed by atoms with Gasteiger partial charge in [-0.05, 0) is 154 Å². The van der Waals surface area contributed by atoms with E-state index in [2.05, 4.69) is 13.2 Å². The Bertz CT molecular complexity index is 3510. The maximum Gasteiger partial charge on any atom is 0.336 e. The van der Waals surface area contributed by atoms with Gasteiger partial charge in [-0.2, -0.15) is 0 Å². The van der Waals surface area contributed by atoms with Gasteiger partial charge in [-0.1, -0.05) is 122 Å². The van der Waals surface area contributed by atoms with Crippen LogP contribution in [-0.2, 0) is 38.2 Å². The monoisotopic (exact) mass is 1120 g/mol. The molecule has 14 heteroatoms. The molecule has 0 aliphatic carbocycles. The van der Waals surface area contributed by atoms with E-state index in [0.29, 0.717) is 97.4 Å². The van der Waals surface area contributed by atoms with Crippen molar-refractivity contribution in [3.8, 4) is 45.6 Å². The van der Waals surface area contributed by atoms with E-state index in [9.17, 15) is 28.8 Å². The lowest BCUT2D eigenvalue weighted by atomic mass is 9.92. The van der Waals surface area contributed by atoms with Gasteiger partial charge in [0.25, 0.3) is 0 Å². The summed E-state index contributed by atoms with van der Waals surface area (Å²) in [5, 5.41) is 3.22. The van der Waals surface area contributed by atoms with Crippen molar-refractivity contribution in [2.75, 3.05) is 26.4 Å². The Morgan fingerprint density at radius 2 is 0.631 bits per heavy atom. The highest BCUT2D eigenvalue weighted by Crippen LogP contribution is 2.46. The quantitative estimate of drug-likeness (QED) is 0.0206. The SMILES string of the molecule is C=CC(=O)OCCCCOc1ccc(/C=C/C(=O)Oc2ccc(/C=C/C(=O)Oc3ccc4ccccc4c3-c3c(OC(=O)/C=C/c4ccc(OC(=O)/C=C/c5ccc(OCCCCOC(=O)C=C)cc5)cc4)ccc4ccccc34)cc2)cc1. The van der Waals surface area contributed by atoms with Crippen molar-refractivity contribution in [1.82, 2.24) is 0 Å². The maximum atomic E-state index is 13.7. The molecular weight excluding hydrogens is 1060 g/mol. The zero-order chi connectivity index (χ0) is 58.9. The smallest absolute Gasteiger partial charge is 0.336 e. The molecule has 14 nitrogen and oxygen atoms in total. The van der Waals surface area contributed by atoms with Crippen molar-refractivity contribution in [1.29, 1.82) is 0 Å². The Labute approximate surface area is 485 Å². The molecule has 0 radical (unpaired) electrons. The number of fused-ring (bicyclic) bond motifs is 2. The fourth-order valence-corrected chi connectivity index (χ4v) is 8.33. The zero-order valence-electron chi connectivity index (χ0n) is 45.7. The molecule has 0 aromatic heterocycles. The Morgan fingerprint density at radius 1 is 0.321 bits per heavy atom. The van der Waals surface area contributed by atoms with E-state index in [1.165, 1.54) is 24.3 Å². The van der Waals surface area contributed by atoms with E-state index in [1.54, 1.807) is 109 Å². The molecule has 8 aromatic carbocycles. The molecule has 0 saturated heterocycles. The largest absolute Gasteiger partial charge is 0.494 e. The Kier molecular flexibility index (Phi) is 21.6. The van der Waals surface area contributed by atoms with Gasteiger partial charge in [-0.15, -0.1) is 0 Å². The molecule has 0 spiro atoms. The lowest BCUT2D eigenvalue weighted by Gasteiger charge is -2.18. The van der Waals surface area contributed by atoms with Gasteiger partial charge < -0.3 is 37.9 Å². The van der Waals surface area contributed by atoms with Crippen LogP contribution >= 0.6 is 0 Å². The predicted molar refractivity (Wildman–Crippen MR) is 323 cm³/mol. The number of benzene rings is 8. The Morgan fingerprint density at radius 3 is 0.976 bits per heavy atom. The Balaban J connectivity index is 0.862. The molecule has 0 heterocycles. The fraction of sp³-hybridized carbons (Fsp3) is 0.114. The van der Waals surface area contributed by atoms with Crippen LogP contribution in [0.4, 0.5) is 0 Å². The van der Waals surface area contributed by atoms with E-state index in [1.807, 2.05) is 84.9 Å². The minimum Gasteiger partial charge on any atom is -0.494 e. The van der Waals surface area contributed by atoms with Crippen LogP contribution in [-0.4, -0.2) is 62.2 Å². The van der Waals surface area contributed by atoms with Crippen LogP contribution in [0.1, 0.15) is 47.9 Å². The zero-order valence-corrected chi connectivity index (χ0v) is 45.7. The van der Waals surface area contributed by atoms with E-state index >= 15 is 0 Å². The number of rotatable bonds is 27. The van der Waals surface area contributed by atoms with Crippen LogP contribution in [0.3, 0.4) is 0 Å². The summed E-state index contributed by atoms with van der Waals surface area (Å²) >= 11 is 0. The van der Waals surface area contributed by atoms with Gasteiger partial charge in [0.15, 0.2) is 0 Å². The van der Waals surface area contributed by atoms with Crippen molar-refractivity contribution < 1.29 is 66.7 Å². The van der Waals surface area contributed by atoms with E-state index < -0.39 is 35.8 Å². The molecule has 0 atom stereocenters. The van der Waals surface area contributed by atoms with Crippen molar-refractivity contribution in [3.05, 3.63) is 242 Å². The molecule has 422 valence electrons. The lowest BCUT2D eigenvalue weighted by molar-refractivity contribution is -0.138. The highest BCUT2D eigenvalue weighted by molar-refractivity contribution is 6.11. The van der Waals surface area contributed by atoms with Crippen molar-refractivity contribution in [2.24, 2.45) is 0 Å². The number of hydrogen-bond acceptors (Lipinski definition) is 14. The summed E-state index contributed by atoms with van der Waals surface area (Å²) in [5.74, 6) is -0.985. The van der Waals surface area contributed by atoms with Gasteiger partial charge in [0.1, 0.15) is 34.5 Å². The van der Waals surface area contributed by atoms with E-state index in [4.69, 9.17) is 37.9 Å². The third kappa shape index (κ3) is 18.1. The summed E-state index contributed by atoms with van der Waals surface area (Å²) < 4.78 is 44.6. The summed E-state index contributed by atoms with van der Waals surface area (Å²) in [6.07, 6.45) is 16.7. The second-order valence-corrected chi connectivity index (χ2v) is 18.5. The fourth-order valence-electron chi connectivity index (χ4n) is 8.33. The van der Waals surface area contributed by atoms with E-state index in [0.717, 1.165) is 44.8 Å². The highest BCUT2D eigenvalue weighted by Gasteiger charge is 2.21. The molecule has 0 saturated carbocycles. The molecule has 0 fully saturated rings. The first kappa shape index (κ1) is 59.3. The molecule has 84 heavy (non-hydrogen) atoms. The molecule has 0 unspecified atom stereocenters. The number of ether oxygens (including phenoxy) is 8. The molecular formula is C70H58O14. The number of carbonyl (C=O) groups is 6. The third-order valence-electron chi connectivity index (χ3n) is 12.5. The first-order valence-electron chi connectivity index (χ1n) is 26.9. The minimum absolute atomic E-state index is 0.233. The standard InChI is InChI=1S/C70H58O14/c1-3-63(71)79-47-11-9-45-77-55-31-17-49(18-32-55)25-41-65(73)81-57-35-21-51(22-36-57)27-43-67(75)83-61-39-29-53-13-5-7-15-59(53)69(61)70-60-16-8-6-14-54(60)30-40-62(70)84-68(76)44-28-52-23-37-58(38-24-52)82-66(74)42-26-50-19-33-56(34-20-50)78-46-10-12-48-80-64(72)4-2/h3-8,13-44H,1-2,9-12,45-48H2/b41-25+,42-26+,43-27+,44-28+. The van der Waals surface area contributed by atoms with Crippen LogP contribution in [0, 0.1) is 0 Å². The number of esters is 6. The number of unbranched alkanes of at least 4 members (excludes halogenated alkanes) is 2. The molecule has 0 aliphatic rings. The summed E-state index contributed by atoms with van der Waals surface area (Å²) in [7, 11) is 0. The molecule has 8 rings (SSSR count). The average molecular weight is 1120 g/mol. The predicted octanol–water partition coefficient (Wildman–Crippen LogP) is 13.9. The van der Waals surface area contributed by atoms with Crippen LogP contribution < -0.4 is 28.4 Å². The first-order valence-corrected chi connectivity index (χ1v) is 26.9. The van der Waals surface area contributed by atoms with Gasteiger partial charge in [0.05, 0.1) is 26.4 Å². The second-order valence-electron chi connectivity index (χ2n) is 18.5. The van der Waals surface area contributed by atoms with Crippen LogP contribution in [0.5, 0.6) is 34.5 Å². The van der Waals surface area contributed by atoms with Crippen molar-refractivity contribution in [2.45, 2.75) is 25.7 Å². The van der Waals surface area contributed by atoms with Gasteiger partial charge in [0, 0.05) is 47.6 Å². The topological polar surface area (TPSA) is 176 Å². The second kappa shape index (κ2) is 30.7. The van der Waals surface area contributed by atoms with Gasteiger partial charge >= 0.3 is 35.8 Å². The van der Waals surface area contributed by atoms with Crippen LogP contribution in [0.25, 0.3) is 57.0 Å². The summed E-state index contributed by atoms with van der Waals surface area (Å²) in [4.78, 5) is 75.0. The summed E-state index contributed by atoms with van der Waals surface area (Å²) in [5.41, 5.74) is 3.89. The lowest BCUT2D eigenvalue weighted by Crippen LogP contribution is -2.07. The third-order valence-corrected chi connectivity index (χ3v) is 12.5. The summed E-state index contributed by atoms with van der Waals surface area (Å²) in [6.45, 7) is 8.26. The normalized spacial score (nSPS) is 11.2. The first-order chi connectivity index (χ1) is 41.0.